The molecular weight excluding hydrogens is 376 g/mol. The molecule has 27 heavy (non-hydrogen) atoms. The van der Waals surface area contributed by atoms with Crippen LogP contribution in [0.4, 0.5) is 0 Å². The fourth-order valence-electron chi connectivity index (χ4n) is 3.02. The van der Waals surface area contributed by atoms with Gasteiger partial charge in [0.1, 0.15) is 18.4 Å². The molecule has 0 radical (unpaired) electrons. The van der Waals surface area contributed by atoms with Crippen LogP contribution in [0.3, 0.4) is 0 Å². The van der Waals surface area contributed by atoms with Crippen molar-refractivity contribution in [1.82, 2.24) is 9.21 Å². The Morgan fingerprint density at radius 1 is 1.33 bits per heavy atom. The highest BCUT2D eigenvalue weighted by Gasteiger charge is 2.31. The summed E-state index contributed by atoms with van der Waals surface area (Å²) in [6.45, 7) is -0.0481. The van der Waals surface area contributed by atoms with Gasteiger partial charge in [-0.05, 0) is 6.07 Å². The van der Waals surface area contributed by atoms with Crippen LogP contribution in [0.1, 0.15) is 10.4 Å². The zero-order valence-corrected chi connectivity index (χ0v) is 15.5. The van der Waals surface area contributed by atoms with Gasteiger partial charge in [-0.3, -0.25) is 9.59 Å². The minimum absolute atomic E-state index is 0.138. The molecule has 0 unspecified atom stereocenters. The van der Waals surface area contributed by atoms with Crippen LogP contribution in [-0.2, 0) is 19.6 Å². The van der Waals surface area contributed by atoms with Gasteiger partial charge in [-0.2, -0.15) is 4.31 Å². The van der Waals surface area contributed by atoms with Crippen molar-refractivity contribution in [3.05, 3.63) is 36.1 Å². The lowest BCUT2D eigenvalue weighted by atomic mass is 10.1. The molecule has 0 saturated carbocycles. The molecule has 1 aromatic carbocycles. The van der Waals surface area contributed by atoms with Crippen molar-refractivity contribution < 1.29 is 32.3 Å². The lowest BCUT2D eigenvalue weighted by Crippen LogP contribution is -2.51. The molecule has 3 rings (SSSR count). The first-order chi connectivity index (χ1) is 12.8. The fraction of sp³-hybridized carbons (Fsp3) is 0.412. The smallest absolute Gasteiger partial charge is 0.318 e. The highest BCUT2D eigenvalue weighted by molar-refractivity contribution is 7.88. The van der Waals surface area contributed by atoms with E-state index < -0.39 is 28.6 Å². The molecule has 2 aromatic rings. The van der Waals surface area contributed by atoms with Crippen LogP contribution >= 0.6 is 0 Å². The van der Waals surface area contributed by atoms with Gasteiger partial charge in [0.2, 0.25) is 10.0 Å². The summed E-state index contributed by atoms with van der Waals surface area (Å²) < 4.78 is 35.4. The van der Waals surface area contributed by atoms with Crippen molar-refractivity contribution in [2.24, 2.45) is 0 Å². The minimum atomic E-state index is -3.72. The van der Waals surface area contributed by atoms with E-state index in [9.17, 15) is 18.0 Å². The molecule has 0 aliphatic carbocycles. The highest BCUT2D eigenvalue weighted by Crippen LogP contribution is 2.23. The number of carbonyl (C=O) groups is 2. The maximum Gasteiger partial charge on any atom is 0.318 e. The third kappa shape index (κ3) is 4.46. The van der Waals surface area contributed by atoms with Crippen molar-refractivity contribution in [2.45, 2.75) is 6.10 Å². The topological polar surface area (TPSA) is 117 Å². The Bertz CT molecular complexity index is 953. The lowest BCUT2D eigenvalue weighted by Gasteiger charge is -2.34. The number of carbonyl (C=O) groups excluding carboxylic acids is 1. The maximum atomic E-state index is 12.9. The molecule has 1 fully saturated rings. The number of rotatable bonds is 6. The number of amides is 1. The molecule has 9 nitrogen and oxygen atoms in total. The molecule has 10 heteroatoms. The molecule has 1 atom stereocenters. The summed E-state index contributed by atoms with van der Waals surface area (Å²) in [5, 5.41) is 9.62. The Kier molecular flexibility index (Phi) is 5.49. The quantitative estimate of drug-likeness (QED) is 0.760. The van der Waals surface area contributed by atoms with E-state index in [2.05, 4.69) is 0 Å². The largest absolute Gasteiger partial charge is 0.480 e. The first-order valence-electron chi connectivity index (χ1n) is 8.29. The molecule has 0 spiro atoms. The molecule has 0 bridgehead atoms. The average Bonchev–Trinajstić information content (AvgIpc) is 3.04. The Morgan fingerprint density at radius 2 is 2.07 bits per heavy atom. The van der Waals surface area contributed by atoms with Crippen LogP contribution in [-0.4, -0.2) is 79.8 Å². The highest BCUT2D eigenvalue weighted by atomic mass is 32.2. The second-order valence-electron chi connectivity index (χ2n) is 6.34. The van der Waals surface area contributed by atoms with Crippen molar-refractivity contribution in [3.63, 3.8) is 0 Å². The summed E-state index contributed by atoms with van der Waals surface area (Å²) in [4.78, 5) is 25.4. The Hall–Kier alpha value is -2.43. The Balaban J connectivity index is 1.73. The second-order valence-corrected chi connectivity index (χ2v) is 8.32. The van der Waals surface area contributed by atoms with E-state index in [1.807, 2.05) is 12.1 Å². The summed E-state index contributed by atoms with van der Waals surface area (Å²) >= 11 is 0. The van der Waals surface area contributed by atoms with Gasteiger partial charge in [0, 0.05) is 25.0 Å². The van der Waals surface area contributed by atoms with Gasteiger partial charge >= 0.3 is 5.97 Å². The van der Waals surface area contributed by atoms with Crippen molar-refractivity contribution in [3.8, 4) is 0 Å². The third-order valence-corrected chi connectivity index (χ3v) is 5.54. The summed E-state index contributed by atoms with van der Waals surface area (Å²) in [6, 6.07) is 7.19. The van der Waals surface area contributed by atoms with E-state index in [0.717, 1.165) is 10.6 Å². The number of morpholine rings is 1. The average molecular weight is 396 g/mol. The van der Waals surface area contributed by atoms with E-state index in [-0.39, 0.29) is 25.6 Å². The fourth-order valence-corrected chi connectivity index (χ4v) is 3.81. The number of hydrogen-bond acceptors (Lipinski definition) is 6. The summed E-state index contributed by atoms with van der Waals surface area (Å²) in [5.74, 6) is -1.49. The van der Waals surface area contributed by atoms with E-state index in [1.165, 1.54) is 6.26 Å². The standard InChI is InChI=1S/C17H20N2O7S/c1-27(23,24)19(10-16(20)21)9-12-8-18(6-7-25-12)17(22)14-11-26-15-5-3-2-4-13(14)15/h2-5,11-12H,6-10H2,1H3,(H,20,21)/t12-/m1/s1. The van der Waals surface area contributed by atoms with Crippen LogP contribution < -0.4 is 0 Å². The molecule has 2 heterocycles. The first-order valence-corrected chi connectivity index (χ1v) is 10.1. The van der Waals surface area contributed by atoms with Crippen LogP contribution in [0, 0.1) is 0 Å². The van der Waals surface area contributed by atoms with Gasteiger partial charge in [-0.25, -0.2) is 8.42 Å². The van der Waals surface area contributed by atoms with Crippen LogP contribution in [0.5, 0.6) is 0 Å². The van der Waals surface area contributed by atoms with E-state index >= 15 is 0 Å². The van der Waals surface area contributed by atoms with Crippen LogP contribution in [0.2, 0.25) is 0 Å². The van der Waals surface area contributed by atoms with Crippen molar-refractivity contribution in [2.75, 3.05) is 39.0 Å². The van der Waals surface area contributed by atoms with E-state index in [1.54, 1.807) is 17.0 Å². The summed E-state index contributed by atoms with van der Waals surface area (Å²) in [7, 11) is -3.72. The number of carboxylic acids is 1. The second kappa shape index (κ2) is 7.67. The zero-order valence-electron chi connectivity index (χ0n) is 14.7. The summed E-state index contributed by atoms with van der Waals surface area (Å²) in [5.41, 5.74) is 1.03. The molecule has 1 aromatic heterocycles. The number of sulfonamides is 1. The lowest BCUT2D eigenvalue weighted by molar-refractivity contribution is -0.137. The summed E-state index contributed by atoms with van der Waals surface area (Å²) in [6.07, 6.45) is 1.74. The number of fused-ring (bicyclic) bond motifs is 1. The van der Waals surface area contributed by atoms with Gasteiger partial charge in [-0.1, -0.05) is 18.2 Å². The molecule has 146 valence electrons. The van der Waals surface area contributed by atoms with Crippen LogP contribution in [0.15, 0.2) is 34.9 Å². The van der Waals surface area contributed by atoms with Gasteiger partial charge in [0.25, 0.3) is 5.91 Å². The number of nitrogens with zero attached hydrogens (tertiary/aromatic N) is 2. The molecule has 1 aliphatic heterocycles. The van der Waals surface area contributed by atoms with Crippen molar-refractivity contribution >= 4 is 32.9 Å². The third-order valence-electron chi connectivity index (χ3n) is 4.33. The number of carboxylic acid groups (broad SMARTS) is 1. The number of aliphatic carboxylic acids is 1. The monoisotopic (exact) mass is 396 g/mol. The number of para-hydroxylation sites is 1. The molecule has 1 aliphatic rings. The molecule has 1 saturated heterocycles. The number of furan rings is 1. The normalized spacial score (nSPS) is 18.1. The molecular formula is C17H20N2O7S. The molecule has 1 amide bonds. The van der Waals surface area contributed by atoms with Crippen LogP contribution in [0.25, 0.3) is 11.0 Å². The Morgan fingerprint density at radius 3 is 2.78 bits per heavy atom. The first kappa shape index (κ1) is 19.3. The van der Waals surface area contributed by atoms with Gasteiger partial charge < -0.3 is 19.2 Å². The SMILES string of the molecule is CS(=O)(=O)N(CC(=O)O)C[C@H]1CN(C(=O)c2coc3ccccc23)CCO1. The van der Waals surface area contributed by atoms with Crippen molar-refractivity contribution in [1.29, 1.82) is 0 Å². The van der Waals surface area contributed by atoms with Gasteiger partial charge in [0.05, 0.1) is 24.5 Å². The van der Waals surface area contributed by atoms with Gasteiger partial charge in [0.15, 0.2) is 0 Å². The van der Waals surface area contributed by atoms with E-state index in [4.69, 9.17) is 14.3 Å². The predicted molar refractivity (Wildman–Crippen MR) is 95.9 cm³/mol. The molecule has 1 N–H and O–H groups in total. The number of ether oxygens (including phenoxy) is 1. The minimum Gasteiger partial charge on any atom is -0.480 e. The van der Waals surface area contributed by atoms with Gasteiger partial charge in [-0.15, -0.1) is 0 Å². The number of benzene rings is 1. The van der Waals surface area contributed by atoms with E-state index in [0.29, 0.717) is 23.1 Å². The maximum absolute atomic E-state index is 12.9. The number of hydrogen-bond donors (Lipinski definition) is 1. The zero-order chi connectivity index (χ0) is 19.6. The predicted octanol–water partition coefficient (Wildman–Crippen LogP) is 0.620. The Labute approximate surface area is 156 Å².